The number of rotatable bonds is 5. The number of carbonyl (C=O) groups excluding carboxylic acids is 2. The fourth-order valence-corrected chi connectivity index (χ4v) is 6.46. The third kappa shape index (κ3) is 6.30. The van der Waals surface area contributed by atoms with Crippen LogP contribution in [0, 0.1) is 17.7 Å². The van der Waals surface area contributed by atoms with Crippen molar-refractivity contribution in [3.05, 3.63) is 75.3 Å². The molecule has 1 aliphatic carbocycles. The van der Waals surface area contributed by atoms with Crippen molar-refractivity contribution in [2.45, 2.75) is 31.2 Å². The summed E-state index contributed by atoms with van der Waals surface area (Å²) in [5, 5.41) is 7.26. The van der Waals surface area contributed by atoms with Crippen molar-refractivity contribution in [2.75, 3.05) is 51.8 Å². The molecule has 0 spiro atoms. The van der Waals surface area contributed by atoms with Gasteiger partial charge in [-0.15, -0.1) is 0 Å². The third-order valence-corrected chi connectivity index (χ3v) is 8.75. The monoisotopic (exact) mass is 599 g/mol. The molecule has 1 aromatic carbocycles. The highest BCUT2D eigenvalue weighted by molar-refractivity contribution is 6.31. The summed E-state index contributed by atoms with van der Waals surface area (Å²) in [6.07, 6.45) is 7.53. The van der Waals surface area contributed by atoms with Gasteiger partial charge >= 0.3 is 6.09 Å². The zero-order valence-electron chi connectivity index (χ0n) is 23.7. The number of nitrogens with zero attached hydrogens (tertiary/aromatic N) is 4. The highest BCUT2D eigenvalue weighted by Crippen LogP contribution is 2.38. The van der Waals surface area contributed by atoms with Gasteiger partial charge in [0.1, 0.15) is 17.4 Å². The largest absolute Gasteiger partial charge is 0.497 e. The van der Waals surface area contributed by atoms with E-state index in [1.165, 1.54) is 26.4 Å². The molecule has 2 fully saturated rings. The summed E-state index contributed by atoms with van der Waals surface area (Å²) in [6.45, 7) is 1.79. The second kappa shape index (κ2) is 13.0. The van der Waals surface area contributed by atoms with E-state index in [4.69, 9.17) is 21.1 Å². The number of H-pyrrole nitrogens is 1. The molecule has 2 aliphatic heterocycles. The Bertz CT molecular complexity index is 1410. The lowest BCUT2D eigenvalue weighted by Gasteiger charge is -2.40. The lowest BCUT2D eigenvalue weighted by molar-refractivity contribution is -0.136. The second-order valence-corrected chi connectivity index (χ2v) is 11.3. The van der Waals surface area contributed by atoms with Gasteiger partial charge < -0.3 is 24.2 Å². The summed E-state index contributed by atoms with van der Waals surface area (Å²) in [5.41, 5.74) is 0.0837. The molecule has 0 radical (unpaired) electrons. The highest BCUT2D eigenvalue weighted by atomic mass is 35.5. The first-order chi connectivity index (χ1) is 20.3. The van der Waals surface area contributed by atoms with E-state index >= 15 is 4.39 Å². The molecule has 2 saturated heterocycles. The summed E-state index contributed by atoms with van der Waals surface area (Å²) in [4.78, 5) is 44.0. The van der Waals surface area contributed by atoms with Crippen molar-refractivity contribution in [1.29, 1.82) is 0 Å². The molecule has 224 valence electrons. The molecule has 1 N–H and O–H groups in total. The first kappa shape index (κ1) is 29.6. The Morgan fingerprint density at radius 2 is 1.95 bits per heavy atom. The quantitative estimate of drug-likeness (QED) is 0.555. The second-order valence-electron chi connectivity index (χ2n) is 10.8. The van der Waals surface area contributed by atoms with Crippen LogP contribution in [0.1, 0.15) is 30.7 Å². The van der Waals surface area contributed by atoms with Crippen molar-refractivity contribution in [2.24, 2.45) is 11.8 Å². The molecule has 2 aromatic rings. The van der Waals surface area contributed by atoms with Crippen LogP contribution >= 0.6 is 11.6 Å². The van der Waals surface area contributed by atoms with Crippen LogP contribution < -0.4 is 15.2 Å². The van der Waals surface area contributed by atoms with Gasteiger partial charge in [0.15, 0.2) is 0 Å². The van der Waals surface area contributed by atoms with Gasteiger partial charge in [-0.05, 0) is 43.0 Å². The number of hydrogen-bond acceptors (Lipinski definition) is 7. The molecule has 1 aromatic heterocycles. The molecule has 10 nitrogen and oxygen atoms in total. The Morgan fingerprint density at radius 1 is 1.12 bits per heavy atom. The van der Waals surface area contributed by atoms with Crippen LogP contribution in [0.15, 0.2) is 58.4 Å². The van der Waals surface area contributed by atoms with Crippen molar-refractivity contribution in [1.82, 2.24) is 20.0 Å². The predicted octanol–water partition coefficient (Wildman–Crippen LogP) is 3.90. The van der Waals surface area contributed by atoms with Gasteiger partial charge in [-0.25, -0.2) is 14.3 Å². The number of allylic oxidation sites excluding steroid dienone is 3. The minimum Gasteiger partial charge on any atom is -0.497 e. The number of carbonyl (C=O) groups is 2. The van der Waals surface area contributed by atoms with Crippen molar-refractivity contribution >= 4 is 29.4 Å². The molecule has 4 atom stereocenters. The summed E-state index contributed by atoms with van der Waals surface area (Å²) >= 11 is 6.13. The minimum atomic E-state index is -0.572. The Kier molecular flexibility index (Phi) is 9.15. The number of hydrogen-bond donors (Lipinski definition) is 1. The molecule has 2 amide bonds. The lowest BCUT2D eigenvalue weighted by atomic mass is 9.86. The number of benzene rings is 1. The number of aromatic amines is 1. The van der Waals surface area contributed by atoms with Gasteiger partial charge in [0.2, 0.25) is 5.91 Å². The maximum Gasteiger partial charge on any atom is 0.409 e. The van der Waals surface area contributed by atoms with E-state index < -0.39 is 23.7 Å². The summed E-state index contributed by atoms with van der Waals surface area (Å²) in [5.74, 6) is -0.598. The number of methoxy groups -OCH3 is 2. The topological polar surface area (TPSA) is 108 Å². The number of ether oxygens (including phenoxy) is 2. The Balaban J connectivity index is 1.38. The van der Waals surface area contributed by atoms with Gasteiger partial charge in [0.05, 0.1) is 20.1 Å². The average molecular weight is 600 g/mol. The molecule has 42 heavy (non-hydrogen) atoms. The Hall–Kier alpha value is -3.86. The molecular weight excluding hydrogens is 565 g/mol. The van der Waals surface area contributed by atoms with E-state index in [0.717, 1.165) is 6.42 Å². The van der Waals surface area contributed by atoms with Gasteiger partial charge in [-0.3, -0.25) is 9.59 Å². The molecule has 0 bridgehead atoms. The first-order valence-electron chi connectivity index (χ1n) is 14.1. The van der Waals surface area contributed by atoms with Gasteiger partial charge in [-0.1, -0.05) is 29.8 Å². The van der Waals surface area contributed by atoms with Gasteiger partial charge in [0, 0.05) is 67.8 Å². The molecule has 12 heteroatoms. The number of halogens is 2. The summed E-state index contributed by atoms with van der Waals surface area (Å²) in [6, 6.07) is 7.57. The predicted molar refractivity (Wildman–Crippen MR) is 156 cm³/mol. The van der Waals surface area contributed by atoms with Crippen molar-refractivity contribution in [3.63, 3.8) is 0 Å². The zero-order valence-corrected chi connectivity index (χ0v) is 24.4. The van der Waals surface area contributed by atoms with Crippen LogP contribution in [-0.4, -0.2) is 85.0 Å². The minimum absolute atomic E-state index is 0.0820. The zero-order chi connectivity index (χ0) is 29.8. The van der Waals surface area contributed by atoms with E-state index in [1.807, 2.05) is 23.1 Å². The van der Waals surface area contributed by atoms with E-state index in [1.54, 1.807) is 28.0 Å². The van der Waals surface area contributed by atoms with Crippen LogP contribution in [-0.2, 0) is 9.53 Å². The smallest absolute Gasteiger partial charge is 0.409 e. The number of aromatic nitrogens is 2. The maximum absolute atomic E-state index is 15.3. The Labute approximate surface area is 248 Å². The first-order valence-corrected chi connectivity index (χ1v) is 14.5. The van der Waals surface area contributed by atoms with Crippen LogP contribution in [0.25, 0.3) is 0 Å². The highest BCUT2D eigenvalue weighted by Gasteiger charge is 2.43. The normalized spacial score (nSPS) is 24.6. The SMILES string of the molecule is COC(=O)N1CCN(C(=O)[C@@H]2CN(c3ccc(=O)[nH]n3)C[C@H]2c2ccc(OC)cc2F)CCC[C@H]1C1C=CC(Cl)=CC1. The summed E-state index contributed by atoms with van der Waals surface area (Å²) < 4.78 is 25.6. The fourth-order valence-electron chi connectivity index (χ4n) is 6.30. The van der Waals surface area contributed by atoms with Crippen molar-refractivity contribution in [3.8, 4) is 5.75 Å². The van der Waals surface area contributed by atoms with E-state index in [0.29, 0.717) is 67.7 Å². The molecule has 3 heterocycles. The third-order valence-electron chi connectivity index (χ3n) is 8.47. The van der Waals surface area contributed by atoms with Crippen LogP contribution in [0.3, 0.4) is 0 Å². The van der Waals surface area contributed by atoms with Crippen LogP contribution in [0.5, 0.6) is 5.75 Å². The lowest BCUT2D eigenvalue weighted by Crippen LogP contribution is -2.52. The van der Waals surface area contributed by atoms with Gasteiger partial charge in [0.25, 0.3) is 5.56 Å². The van der Waals surface area contributed by atoms with Gasteiger partial charge in [-0.2, -0.15) is 5.10 Å². The van der Waals surface area contributed by atoms with E-state index in [2.05, 4.69) is 10.2 Å². The van der Waals surface area contributed by atoms with E-state index in [9.17, 15) is 14.4 Å². The molecular formula is C30H35ClFN5O5. The summed E-state index contributed by atoms with van der Waals surface area (Å²) in [7, 11) is 2.83. The number of amides is 2. The fraction of sp³-hybridized carbons (Fsp3) is 0.467. The standard InChI is InChI=1S/C30H35ClFN5O5/c1-41-21-9-10-22(25(32)16-21)23-17-36(27-11-12-28(38)34-33-27)18-24(23)29(39)35-13-3-4-26(19-5-7-20(31)8-6-19)37(15-14-35)30(40)42-2/h5,7-12,16,19,23-24,26H,3-4,6,13-15,17-18H2,1-2H3,(H,34,38)/t19?,23-,24+,26-/m0/s1. The van der Waals surface area contributed by atoms with Crippen molar-refractivity contribution < 1.29 is 23.5 Å². The van der Waals surface area contributed by atoms with Crippen LogP contribution in [0.2, 0.25) is 0 Å². The Morgan fingerprint density at radius 3 is 2.62 bits per heavy atom. The molecule has 5 rings (SSSR count). The average Bonchev–Trinajstić information content (AvgIpc) is 3.42. The van der Waals surface area contributed by atoms with Crippen LogP contribution in [0.4, 0.5) is 15.0 Å². The molecule has 1 unspecified atom stereocenters. The number of nitrogens with one attached hydrogen (secondary N) is 1. The number of anilines is 1. The maximum atomic E-state index is 15.3. The molecule has 3 aliphatic rings. The molecule has 0 saturated carbocycles. The van der Waals surface area contributed by atoms with E-state index in [-0.39, 0.29) is 23.4 Å².